The van der Waals surface area contributed by atoms with Crippen LogP contribution in [0.5, 0.6) is 5.75 Å². The molecule has 1 N–H and O–H groups in total. The van der Waals surface area contributed by atoms with E-state index >= 15 is 0 Å². The van der Waals surface area contributed by atoms with Crippen LogP contribution in [0, 0.1) is 20.8 Å². The van der Waals surface area contributed by atoms with Crippen molar-refractivity contribution in [3.63, 3.8) is 0 Å². The molecule has 0 spiro atoms. The summed E-state index contributed by atoms with van der Waals surface area (Å²) < 4.78 is 0. The molecule has 0 aromatic heterocycles. The second-order valence-corrected chi connectivity index (χ2v) is 7.33. The van der Waals surface area contributed by atoms with Gasteiger partial charge in [-0.25, -0.2) is 0 Å². The first-order chi connectivity index (χ1) is 9.86. The quantitative estimate of drug-likeness (QED) is 0.878. The van der Waals surface area contributed by atoms with Crippen molar-refractivity contribution in [3.8, 4) is 5.75 Å². The zero-order valence-corrected chi connectivity index (χ0v) is 14.5. The summed E-state index contributed by atoms with van der Waals surface area (Å²) in [6.07, 6.45) is 0. The topological polar surface area (TPSA) is 23.5 Å². The van der Waals surface area contributed by atoms with E-state index < -0.39 is 0 Å². The molecule has 3 heteroatoms. The lowest BCUT2D eigenvalue weighted by Crippen LogP contribution is -2.18. The van der Waals surface area contributed by atoms with Crippen molar-refractivity contribution < 1.29 is 5.11 Å². The highest BCUT2D eigenvalue weighted by atomic mass is 31.1. The Morgan fingerprint density at radius 1 is 0.952 bits per heavy atom. The molecule has 0 saturated heterocycles. The fourth-order valence-corrected chi connectivity index (χ4v) is 3.90. The SMILES string of the molecule is Cc1ccc(Pc2cc(C)cc(C)c2O)c(CN(C)C)c1. The summed E-state index contributed by atoms with van der Waals surface area (Å²) in [4.78, 5) is 2.18. The lowest BCUT2D eigenvalue weighted by atomic mass is 10.1. The smallest absolute Gasteiger partial charge is 0.126 e. The Labute approximate surface area is 129 Å². The second-order valence-electron chi connectivity index (χ2n) is 6.00. The van der Waals surface area contributed by atoms with Gasteiger partial charge in [0.2, 0.25) is 0 Å². The Hall–Kier alpha value is -1.37. The molecule has 0 heterocycles. The first-order valence-electron chi connectivity index (χ1n) is 7.18. The van der Waals surface area contributed by atoms with Gasteiger partial charge >= 0.3 is 0 Å². The predicted octanol–water partition coefficient (Wildman–Crippen LogP) is 3.01. The van der Waals surface area contributed by atoms with Crippen LogP contribution in [-0.2, 0) is 6.54 Å². The van der Waals surface area contributed by atoms with Gasteiger partial charge in [0, 0.05) is 11.8 Å². The summed E-state index contributed by atoms with van der Waals surface area (Å²) in [7, 11) is 4.66. The Balaban J connectivity index is 2.40. The van der Waals surface area contributed by atoms with Gasteiger partial charge in [-0.2, -0.15) is 0 Å². The first-order valence-corrected chi connectivity index (χ1v) is 8.18. The minimum absolute atomic E-state index is 0.440. The highest BCUT2D eigenvalue weighted by Crippen LogP contribution is 2.25. The molecule has 0 bridgehead atoms. The fourth-order valence-electron chi connectivity index (χ4n) is 2.52. The molecule has 0 amide bonds. The number of hydrogen-bond donors (Lipinski definition) is 1. The maximum Gasteiger partial charge on any atom is 0.126 e. The van der Waals surface area contributed by atoms with Crippen molar-refractivity contribution in [2.24, 2.45) is 0 Å². The Bertz CT molecular complexity index is 650. The Kier molecular flexibility index (Phi) is 5.03. The van der Waals surface area contributed by atoms with E-state index in [1.807, 2.05) is 13.0 Å². The molecule has 0 radical (unpaired) electrons. The van der Waals surface area contributed by atoms with E-state index in [1.54, 1.807) is 0 Å². The van der Waals surface area contributed by atoms with Crippen LogP contribution in [0.25, 0.3) is 0 Å². The number of aromatic hydroxyl groups is 1. The highest BCUT2D eigenvalue weighted by Gasteiger charge is 2.10. The lowest BCUT2D eigenvalue weighted by Gasteiger charge is -2.16. The largest absolute Gasteiger partial charge is 0.507 e. The van der Waals surface area contributed by atoms with E-state index in [0.717, 1.165) is 17.4 Å². The minimum Gasteiger partial charge on any atom is -0.507 e. The average Bonchev–Trinajstić information content (AvgIpc) is 2.37. The number of phenolic OH excluding ortho intramolecular Hbond substituents is 1. The van der Waals surface area contributed by atoms with Crippen molar-refractivity contribution in [1.29, 1.82) is 0 Å². The number of hydrogen-bond acceptors (Lipinski definition) is 2. The van der Waals surface area contributed by atoms with Crippen molar-refractivity contribution in [3.05, 3.63) is 52.6 Å². The van der Waals surface area contributed by atoms with Crippen LogP contribution >= 0.6 is 8.58 Å². The van der Waals surface area contributed by atoms with E-state index in [4.69, 9.17) is 0 Å². The third kappa shape index (κ3) is 4.06. The third-order valence-electron chi connectivity index (χ3n) is 3.46. The van der Waals surface area contributed by atoms with Crippen LogP contribution in [0.15, 0.2) is 30.3 Å². The van der Waals surface area contributed by atoms with Gasteiger partial charge < -0.3 is 10.0 Å². The molecule has 0 aliphatic carbocycles. The summed E-state index contributed by atoms with van der Waals surface area (Å²) >= 11 is 0. The van der Waals surface area contributed by atoms with Crippen LogP contribution in [0.4, 0.5) is 0 Å². The van der Waals surface area contributed by atoms with Crippen LogP contribution in [0.1, 0.15) is 22.3 Å². The van der Waals surface area contributed by atoms with Gasteiger partial charge in [-0.15, -0.1) is 0 Å². The van der Waals surface area contributed by atoms with E-state index in [1.165, 1.54) is 22.0 Å². The van der Waals surface area contributed by atoms with Crippen molar-refractivity contribution >= 4 is 19.2 Å². The standard InChI is InChI=1S/C18H24NOP/c1-12-6-7-16(15(9-12)11-19(4)5)21-17-10-13(2)8-14(3)18(17)20/h6-10,20-21H,11H2,1-5H3. The van der Waals surface area contributed by atoms with E-state index in [0.29, 0.717) is 14.3 Å². The molecule has 21 heavy (non-hydrogen) atoms. The molecule has 2 aromatic carbocycles. The average molecular weight is 301 g/mol. The van der Waals surface area contributed by atoms with Gasteiger partial charge in [0.05, 0.1) is 0 Å². The first kappa shape index (κ1) is 16.0. The van der Waals surface area contributed by atoms with Crippen LogP contribution in [0.2, 0.25) is 0 Å². The maximum absolute atomic E-state index is 10.3. The van der Waals surface area contributed by atoms with Gasteiger partial charge in [0.15, 0.2) is 0 Å². The minimum atomic E-state index is 0.440. The summed E-state index contributed by atoms with van der Waals surface area (Å²) in [5.41, 5.74) is 4.79. The molecule has 2 nitrogen and oxygen atoms in total. The summed E-state index contributed by atoms with van der Waals surface area (Å²) in [6, 6.07) is 10.7. The zero-order chi connectivity index (χ0) is 15.6. The molecular weight excluding hydrogens is 277 g/mol. The van der Waals surface area contributed by atoms with Crippen LogP contribution in [-0.4, -0.2) is 24.1 Å². The van der Waals surface area contributed by atoms with Crippen molar-refractivity contribution in [2.45, 2.75) is 27.3 Å². The second kappa shape index (κ2) is 6.60. The molecule has 1 unspecified atom stereocenters. The number of rotatable bonds is 4. The summed E-state index contributed by atoms with van der Waals surface area (Å²) in [6.45, 7) is 7.10. The van der Waals surface area contributed by atoms with Gasteiger partial charge in [-0.3, -0.25) is 0 Å². The summed E-state index contributed by atoms with van der Waals surface area (Å²) in [5, 5.41) is 12.7. The lowest BCUT2D eigenvalue weighted by molar-refractivity contribution is 0.403. The molecule has 1 atom stereocenters. The normalized spacial score (nSPS) is 11.7. The van der Waals surface area contributed by atoms with Crippen LogP contribution < -0.4 is 10.6 Å². The van der Waals surface area contributed by atoms with Crippen molar-refractivity contribution in [2.75, 3.05) is 14.1 Å². The van der Waals surface area contributed by atoms with Crippen LogP contribution in [0.3, 0.4) is 0 Å². The Morgan fingerprint density at radius 2 is 1.67 bits per heavy atom. The molecule has 2 aromatic rings. The molecule has 0 aliphatic heterocycles. The molecule has 0 saturated carbocycles. The fraction of sp³-hybridized carbons (Fsp3) is 0.333. The highest BCUT2D eigenvalue weighted by molar-refractivity contribution is 7.55. The Morgan fingerprint density at radius 3 is 2.33 bits per heavy atom. The van der Waals surface area contributed by atoms with Gasteiger partial charge in [-0.05, 0) is 62.9 Å². The molecule has 0 fully saturated rings. The number of phenols is 1. The predicted molar refractivity (Wildman–Crippen MR) is 93.7 cm³/mol. The van der Waals surface area contributed by atoms with Crippen molar-refractivity contribution in [1.82, 2.24) is 4.90 Å². The number of aryl methyl sites for hydroxylation is 3. The van der Waals surface area contributed by atoms with Gasteiger partial charge in [0.25, 0.3) is 0 Å². The zero-order valence-electron chi connectivity index (χ0n) is 13.5. The molecule has 0 aliphatic rings. The third-order valence-corrected chi connectivity index (χ3v) is 4.87. The number of nitrogens with zero attached hydrogens (tertiary/aromatic N) is 1. The van der Waals surface area contributed by atoms with Gasteiger partial charge in [0.1, 0.15) is 5.75 Å². The number of benzene rings is 2. The van der Waals surface area contributed by atoms with E-state index in [-0.39, 0.29) is 0 Å². The van der Waals surface area contributed by atoms with E-state index in [2.05, 4.69) is 57.1 Å². The van der Waals surface area contributed by atoms with E-state index in [9.17, 15) is 5.11 Å². The van der Waals surface area contributed by atoms with Gasteiger partial charge in [-0.1, -0.05) is 38.4 Å². The molecule has 112 valence electrons. The monoisotopic (exact) mass is 301 g/mol. The summed E-state index contributed by atoms with van der Waals surface area (Å²) in [5.74, 6) is 0.440. The molecular formula is C18H24NOP. The molecule has 2 rings (SSSR count). The maximum atomic E-state index is 10.3.